The highest BCUT2D eigenvalue weighted by Gasteiger charge is 2.70. The van der Waals surface area contributed by atoms with Crippen LogP contribution in [-0.2, 0) is 5.72 Å². The molecule has 0 bridgehead atoms. The molecule has 1 saturated carbocycles. The predicted molar refractivity (Wildman–Crippen MR) is 125 cm³/mol. The maximum Gasteiger partial charge on any atom is 0.332 e. The normalized spacial score (nSPS) is 22.1. The number of aliphatic hydroxyl groups is 1. The zero-order chi connectivity index (χ0) is 21.8. The Balaban J connectivity index is 1.76. The van der Waals surface area contributed by atoms with Crippen LogP contribution in [0.1, 0.15) is 36.0 Å². The number of benzene rings is 3. The summed E-state index contributed by atoms with van der Waals surface area (Å²) in [6.45, 7) is 4.03. The summed E-state index contributed by atoms with van der Waals surface area (Å²) in [4.78, 5) is 17.4. The fourth-order valence-electron chi connectivity index (χ4n) is 5.07. The lowest BCUT2D eigenvalue weighted by molar-refractivity contribution is -0.0525. The van der Waals surface area contributed by atoms with Crippen LogP contribution in [0.25, 0.3) is 0 Å². The predicted octanol–water partition coefficient (Wildman–Crippen LogP) is 6.17. The van der Waals surface area contributed by atoms with Gasteiger partial charge in [-0.05, 0) is 69.5 Å². The molecule has 5 rings (SSSR count). The van der Waals surface area contributed by atoms with Crippen molar-refractivity contribution in [3.63, 3.8) is 0 Å². The fraction of sp³-hybridized carbons (Fsp3) is 0.269. The first-order chi connectivity index (χ1) is 14.9. The van der Waals surface area contributed by atoms with Gasteiger partial charge in [-0.15, -0.1) is 0 Å². The Bertz CT molecular complexity index is 1140. The van der Waals surface area contributed by atoms with Gasteiger partial charge in [0.1, 0.15) is 5.54 Å². The molecular formula is C26H25ClN2O2. The minimum absolute atomic E-state index is 0.227. The molecule has 1 atom stereocenters. The molecule has 3 aromatic carbocycles. The van der Waals surface area contributed by atoms with E-state index in [1.54, 1.807) is 29.2 Å². The van der Waals surface area contributed by atoms with E-state index in [2.05, 4.69) is 0 Å². The lowest BCUT2D eigenvalue weighted by atomic mass is 9.66. The van der Waals surface area contributed by atoms with E-state index in [0.717, 1.165) is 41.6 Å². The van der Waals surface area contributed by atoms with Gasteiger partial charge in [-0.1, -0.05) is 59.1 Å². The number of nitrogens with zero attached hydrogens (tertiary/aromatic N) is 2. The van der Waals surface area contributed by atoms with E-state index in [-0.39, 0.29) is 6.03 Å². The van der Waals surface area contributed by atoms with Gasteiger partial charge in [-0.2, -0.15) is 0 Å². The summed E-state index contributed by atoms with van der Waals surface area (Å²) >= 11 is 6.12. The van der Waals surface area contributed by atoms with Crippen LogP contribution in [-0.4, -0.2) is 16.7 Å². The second kappa shape index (κ2) is 7.11. The van der Waals surface area contributed by atoms with Crippen LogP contribution in [0.4, 0.5) is 16.2 Å². The zero-order valence-electron chi connectivity index (χ0n) is 17.7. The average molecular weight is 433 g/mol. The van der Waals surface area contributed by atoms with Gasteiger partial charge in [-0.3, -0.25) is 9.80 Å². The summed E-state index contributed by atoms with van der Waals surface area (Å²) in [6, 6.07) is 22.7. The Kier molecular flexibility index (Phi) is 4.61. The van der Waals surface area contributed by atoms with E-state index in [0.29, 0.717) is 10.7 Å². The smallest absolute Gasteiger partial charge is 0.332 e. The van der Waals surface area contributed by atoms with Crippen LogP contribution >= 0.6 is 11.6 Å². The van der Waals surface area contributed by atoms with Crippen molar-refractivity contribution in [2.24, 2.45) is 0 Å². The monoisotopic (exact) mass is 432 g/mol. The van der Waals surface area contributed by atoms with E-state index >= 15 is 0 Å². The Labute approximate surface area is 187 Å². The Morgan fingerprint density at radius 1 is 0.839 bits per heavy atom. The van der Waals surface area contributed by atoms with Crippen LogP contribution in [0, 0.1) is 13.8 Å². The number of halogens is 1. The highest BCUT2D eigenvalue weighted by molar-refractivity contribution is 6.30. The third-order valence-corrected chi connectivity index (χ3v) is 7.01. The second-order valence-electron chi connectivity index (χ2n) is 8.69. The lowest BCUT2D eigenvalue weighted by Gasteiger charge is -2.52. The van der Waals surface area contributed by atoms with Crippen molar-refractivity contribution in [1.29, 1.82) is 0 Å². The van der Waals surface area contributed by atoms with Crippen LogP contribution in [0.2, 0.25) is 5.02 Å². The highest BCUT2D eigenvalue weighted by atomic mass is 35.5. The summed E-state index contributed by atoms with van der Waals surface area (Å²) < 4.78 is 0. The van der Waals surface area contributed by atoms with E-state index in [4.69, 9.17) is 11.6 Å². The van der Waals surface area contributed by atoms with Crippen molar-refractivity contribution < 1.29 is 9.90 Å². The molecule has 1 saturated heterocycles. The zero-order valence-corrected chi connectivity index (χ0v) is 18.4. The molecule has 1 aliphatic carbocycles. The average Bonchev–Trinajstić information content (AvgIpc) is 2.94. The number of urea groups is 1. The van der Waals surface area contributed by atoms with E-state index in [1.807, 2.05) is 67.3 Å². The van der Waals surface area contributed by atoms with Gasteiger partial charge < -0.3 is 5.11 Å². The molecule has 1 N–H and O–H groups in total. The van der Waals surface area contributed by atoms with E-state index < -0.39 is 11.3 Å². The summed E-state index contributed by atoms with van der Waals surface area (Å²) in [5, 5.41) is 13.1. The topological polar surface area (TPSA) is 43.8 Å². The third kappa shape index (κ3) is 2.82. The van der Waals surface area contributed by atoms with Gasteiger partial charge in [0, 0.05) is 22.0 Å². The van der Waals surface area contributed by atoms with Crippen molar-refractivity contribution in [2.45, 2.75) is 44.4 Å². The first kappa shape index (κ1) is 20.1. The van der Waals surface area contributed by atoms with Gasteiger partial charge in [0.2, 0.25) is 0 Å². The number of hydrogen-bond donors (Lipinski definition) is 1. The summed E-state index contributed by atoms with van der Waals surface area (Å²) in [7, 11) is 0. The van der Waals surface area contributed by atoms with Crippen molar-refractivity contribution in [3.8, 4) is 0 Å². The van der Waals surface area contributed by atoms with Crippen molar-refractivity contribution in [2.75, 3.05) is 9.80 Å². The van der Waals surface area contributed by atoms with Crippen LogP contribution in [0.5, 0.6) is 0 Å². The van der Waals surface area contributed by atoms with Crippen LogP contribution in [0.3, 0.4) is 0 Å². The molecule has 4 nitrogen and oxygen atoms in total. The number of aryl methyl sites for hydroxylation is 2. The van der Waals surface area contributed by atoms with E-state index in [9.17, 15) is 9.90 Å². The largest absolute Gasteiger partial charge is 0.364 e. The minimum atomic E-state index is -1.51. The Morgan fingerprint density at radius 2 is 1.45 bits per heavy atom. The maximum atomic E-state index is 14.0. The van der Waals surface area contributed by atoms with Crippen molar-refractivity contribution in [1.82, 2.24) is 0 Å². The molecule has 2 amide bonds. The summed E-state index contributed by atoms with van der Waals surface area (Å²) in [6.07, 6.45) is 2.40. The number of anilines is 2. The first-order valence-electron chi connectivity index (χ1n) is 10.6. The van der Waals surface area contributed by atoms with Gasteiger partial charge in [0.05, 0.1) is 0 Å². The standard InChI is InChI=1S/C26H25ClN2O2/c1-18-7-11-22(12-8-18)28-24(30)29(23-13-9-21(27)10-14-23)26(31,25(28)15-4-16-25)20-6-3-5-19(2)17-20/h3,5-14,17,31H,4,15-16H2,1-2H3. The number of amides is 2. The highest BCUT2D eigenvalue weighted by Crippen LogP contribution is 2.59. The maximum absolute atomic E-state index is 14.0. The molecule has 0 radical (unpaired) electrons. The number of carbonyl (C=O) groups excluding carboxylic acids is 1. The molecular weight excluding hydrogens is 408 g/mol. The van der Waals surface area contributed by atoms with Gasteiger partial charge in [0.15, 0.2) is 5.72 Å². The number of carbonyl (C=O) groups is 1. The van der Waals surface area contributed by atoms with Gasteiger partial charge in [0.25, 0.3) is 0 Å². The number of hydrogen-bond acceptors (Lipinski definition) is 2. The van der Waals surface area contributed by atoms with E-state index in [1.165, 1.54) is 0 Å². The first-order valence-corrected chi connectivity index (χ1v) is 11.0. The van der Waals surface area contributed by atoms with Crippen molar-refractivity contribution in [3.05, 3.63) is 94.5 Å². The molecule has 0 aromatic heterocycles. The molecule has 1 heterocycles. The molecule has 5 heteroatoms. The second-order valence-corrected chi connectivity index (χ2v) is 9.13. The van der Waals surface area contributed by atoms with Crippen LogP contribution < -0.4 is 9.80 Å². The molecule has 2 aliphatic rings. The molecule has 1 aliphatic heterocycles. The fourth-order valence-corrected chi connectivity index (χ4v) is 5.19. The molecule has 3 aromatic rings. The summed E-state index contributed by atoms with van der Waals surface area (Å²) in [5.41, 5.74) is 2.07. The SMILES string of the molecule is Cc1ccc(N2C(=O)N(c3ccc(Cl)cc3)C(O)(c3cccc(C)c3)C23CCC3)cc1. The summed E-state index contributed by atoms with van der Waals surface area (Å²) in [5.74, 6) is 0. The number of rotatable bonds is 3. The Morgan fingerprint density at radius 3 is 2.03 bits per heavy atom. The Hall–Kier alpha value is -2.82. The minimum Gasteiger partial charge on any atom is -0.364 e. The molecule has 1 spiro atoms. The molecule has 31 heavy (non-hydrogen) atoms. The van der Waals surface area contributed by atoms with Crippen LogP contribution in [0.15, 0.2) is 72.8 Å². The van der Waals surface area contributed by atoms with Gasteiger partial charge >= 0.3 is 6.03 Å². The molecule has 1 unspecified atom stereocenters. The molecule has 2 fully saturated rings. The quantitative estimate of drug-likeness (QED) is 0.537. The van der Waals surface area contributed by atoms with Crippen molar-refractivity contribution >= 4 is 29.0 Å². The van der Waals surface area contributed by atoms with Gasteiger partial charge in [-0.25, -0.2) is 4.79 Å². The molecule has 158 valence electrons. The lowest BCUT2D eigenvalue weighted by Crippen LogP contribution is -2.63. The third-order valence-electron chi connectivity index (χ3n) is 6.76.